The van der Waals surface area contributed by atoms with Gasteiger partial charge in [-0.25, -0.2) is 0 Å². The van der Waals surface area contributed by atoms with Crippen molar-refractivity contribution in [1.82, 2.24) is 4.98 Å². The molecule has 0 unspecified atom stereocenters. The summed E-state index contributed by atoms with van der Waals surface area (Å²) in [5, 5.41) is 0.959. The number of aromatic nitrogens is 1. The van der Waals surface area contributed by atoms with Gasteiger partial charge in [0.2, 0.25) is 0 Å². The first-order valence-corrected chi connectivity index (χ1v) is 4.79. The van der Waals surface area contributed by atoms with Crippen LogP contribution in [0.25, 0.3) is 10.9 Å². The molecule has 0 aliphatic carbocycles. The molecular formula is C12H13NO2. The van der Waals surface area contributed by atoms with Crippen LogP contribution in [-0.2, 0) is 0 Å². The number of carbonyl (C=O) groups is 1. The predicted octanol–water partition coefficient (Wildman–Crippen LogP) is 2.61. The first-order chi connectivity index (χ1) is 7.17. The fraction of sp³-hybridized carbons (Fsp3) is 0.250. The van der Waals surface area contributed by atoms with Crippen LogP contribution >= 0.6 is 0 Å². The van der Waals surface area contributed by atoms with Crippen molar-refractivity contribution in [3.8, 4) is 5.75 Å². The van der Waals surface area contributed by atoms with E-state index in [4.69, 9.17) is 4.74 Å². The topological polar surface area (TPSA) is 42.1 Å². The molecule has 1 aromatic carbocycles. The number of H-pyrrole nitrogens is 1. The Kier molecular flexibility index (Phi) is 2.23. The molecule has 2 aromatic rings. The highest BCUT2D eigenvalue weighted by Gasteiger charge is 2.09. The molecule has 0 spiro atoms. The molecular weight excluding hydrogens is 190 g/mol. The van der Waals surface area contributed by atoms with E-state index in [0.717, 1.165) is 39.8 Å². The molecule has 0 saturated heterocycles. The Morgan fingerprint density at radius 1 is 1.33 bits per heavy atom. The van der Waals surface area contributed by atoms with E-state index in [2.05, 4.69) is 4.98 Å². The van der Waals surface area contributed by atoms with Crippen molar-refractivity contribution in [1.29, 1.82) is 0 Å². The Morgan fingerprint density at radius 3 is 2.67 bits per heavy atom. The van der Waals surface area contributed by atoms with Crippen molar-refractivity contribution in [3.63, 3.8) is 0 Å². The summed E-state index contributed by atoms with van der Waals surface area (Å²) >= 11 is 0. The number of hydrogen-bond donors (Lipinski definition) is 1. The third-order valence-corrected chi connectivity index (χ3v) is 2.67. The molecule has 15 heavy (non-hydrogen) atoms. The summed E-state index contributed by atoms with van der Waals surface area (Å²) in [6, 6.07) is 3.89. The number of aryl methyl sites for hydroxylation is 2. The summed E-state index contributed by atoms with van der Waals surface area (Å²) in [5.74, 6) is 0.834. The highest BCUT2D eigenvalue weighted by molar-refractivity contribution is 5.99. The molecule has 1 aromatic heterocycles. The second-order valence-corrected chi connectivity index (χ2v) is 3.65. The molecule has 0 saturated carbocycles. The van der Waals surface area contributed by atoms with Crippen LogP contribution < -0.4 is 4.74 Å². The van der Waals surface area contributed by atoms with Crippen molar-refractivity contribution in [2.75, 3.05) is 7.11 Å². The lowest BCUT2D eigenvalue weighted by Gasteiger charge is -2.04. The molecule has 0 atom stereocenters. The molecule has 1 N–H and O–H groups in total. The Labute approximate surface area is 88.1 Å². The van der Waals surface area contributed by atoms with Gasteiger partial charge in [0.15, 0.2) is 6.29 Å². The van der Waals surface area contributed by atoms with Gasteiger partial charge in [-0.1, -0.05) is 0 Å². The summed E-state index contributed by atoms with van der Waals surface area (Å²) in [4.78, 5) is 14.1. The minimum absolute atomic E-state index is 0.732. The van der Waals surface area contributed by atoms with Crippen molar-refractivity contribution in [3.05, 3.63) is 29.0 Å². The molecule has 0 aliphatic rings. The largest absolute Gasteiger partial charge is 0.496 e. The lowest BCUT2D eigenvalue weighted by atomic mass is 10.1. The molecule has 3 heteroatoms. The number of benzene rings is 1. The van der Waals surface area contributed by atoms with Gasteiger partial charge in [0.25, 0.3) is 0 Å². The van der Waals surface area contributed by atoms with Crippen molar-refractivity contribution < 1.29 is 9.53 Å². The Hall–Kier alpha value is -1.77. The average Bonchev–Trinajstić information content (AvgIpc) is 2.51. The third-order valence-electron chi connectivity index (χ3n) is 2.67. The van der Waals surface area contributed by atoms with E-state index in [9.17, 15) is 4.79 Å². The van der Waals surface area contributed by atoms with Crippen LogP contribution in [0.3, 0.4) is 0 Å². The van der Waals surface area contributed by atoms with E-state index in [1.807, 2.05) is 26.0 Å². The molecule has 3 nitrogen and oxygen atoms in total. The summed E-state index contributed by atoms with van der Waals surface area (Å²) in [7, 11) is 1.64. The number of fused-ring (bicyclic) bond motifs is 1. The van der Waals surface area contributed by atoms with E-state index < -0.39 is 0 Å². The Bertz CT molecular complexity index is 526. The highest BCUT2D eigenvalue weighted by Crippen LogP contribution is 2.28. The quantitative estimate of drug-likeness (QED) is 0.762. The van der Waals surface area contributed by atoms with Crippen LogP contribution in [0.1, 0.15) is 21.6 Å². The lowest BCUT2D eigenvalue weighted by Crippen LogP contribution is -1.87. The van der Waals surface area contributed by atoms with Crippen LogP contribution in [0.4, 0.5) is 0 Å². The summed E-state index contributed by atoms with van der Waals surface area (Å²) in [5.41, 5.74) is 3.60. The minimum Gasteiger partial charge on any atom is -0.496 e. The van der Waals surface area contributed by atoms with Gasteiger partial charge in [0, 0.05) is 22.7 Å². The standard InChI is InChI=1S/C12H13NO2/c1-7-4-9-10(6-14)8(2)13-11(9)5-12(7)15-3/h4-6,13H,1-3H3. The van der Waals surface area contributed by atoms with E-state index in [1.54, 1.807) is 7.11 Å². The summed E-state index contributed by atoms with van der Waals surface area (Å²) in [6.45, 7) is 3.86. The first-order valence-electron chi connectivity index (χ1n) is 4.79. The fourth-order valence-corrected chi connectivity index (χ4v) is 1.86. The van der Waals surface area contributed by atoms with Crippen molar-refractivity contribution in [2.24, 2.45) is 0 Å². The molecule has 0 fully saturated rings. The maximum Gasteiger partial charge on any atom is 0.152 e. The highest BCUT2D eigenvalue weighted by atomic mass is 16.5. The van der Waals surface area contributed by atoms with Crippen molar-refractivity contribution in [2.45, 2.75) is 13.8 Å². The zero-order valence-electron chi connectivity index (χ0n) is 9.05. The monoisotopic (exact) mass is 203 g/mol. The number of aromatic amines is 1. The molecule has 0 bridgehead atoms. The molecule has 0 aliphatic heterocycles. The minimum atomic E-state index is 0.732. The van der Waals surface area contributed by atoms with E-state index in [0.29, 0.717) is 0 Å². The first kappa shape index (κ1) is 9.77. The van der Waals surface area contributed by atoms with Gasteiger partial charge in [-0.15, -0.1) is 0 Å². The molecule has 0 amide bonds. The van der Waals surface area contributed by atoms with Gasteiger partial charge in [0.05, 0.1) is 12.6 Å². The maximum atomic E-state index is 10.9. The second kappa shape index (κ2) is 3.42. The predicted molar refractivity (Wildman–Crippen MR) is 59.7 cm³/mol. The molecule has 2 rings (SSSR count). The number of methoxy groups -OCH3 is 1. The van der Waals surface area contributed by atoms with Gasteiger partial charge >= 0.3 is 0 Å². The smallest absolute Gasteiger partial charge is 0.152 e. The summed E-state index contributed by atoms with van der Waals surface area (Å²) < 4.78 is 5.23. The van der Waals surface area contributed by atoms with Crippen LogP contribution in [0, 0.1) is 13.8 Å². The van der Waals surface area contributed by atoms with Crippen LogP contribution in [0.2, 0.25) is 0 Å². The van der Waals surface area contributed by atoms with Gasteiger partial charge < -0.3 is 9.72 Å². The van der Waals surface area contributed by atoms with Gasteiger partial charge in [-0.05, 0) is 25.5 Å². The SMILES string of the molecule is COc1cc2[nH]c(C)c(C=O)c2cc1C. The Balaban J connectivity index is 2.81. The number of ether oxygens (including phenoxy) is 1. The maximum absolute atomic E-state index is 10.9. The van der Waals surface area contributed by atoms with Crippen molar-refractivity contribution >= 4 is 17.2 Å². The number of hydrogen-bond acceptors (Lipinski definition) is 2. The number of nitrogens with one attached hydrogen (secondary N) is 1. The van der Waals surface area contributed by atoms with Crippen LogP contribution in [-0.4, -0.2) is 18.4 Å². The van der Waals surface area contributed by atoms with E-state index in [1.165, 1.54) is 0 Å². The Morgan fingerprint density at radius 2 is 2.07 bits per heavy atom. The molecule has 0 radical (unpaired) electrons. The fourth-order valence-electron chi connectivity index (χ4n) is 1.86. The number of carbonyl (C=O) groups excluding carboxylic acids is 1. The number of rotatable bonds is 2. The lowest BCUT2D eigenvalue weighted by molar-refractivity contribution is 0.112. The van der Waals surface area contributed by atoms with Crippen LogP contribution in [0.15, 0.2) is 12.1 Å². The normalized spacial score (nSPS) is 10.6. The third kappa shape index (κ3) is 1.40. The summed E-state index contributed by atoms with van der Waals surface area (Å²) in [6.07, 6.45) is 0.889. The average molecular weight is 203 g/mol. The van der Waals surface area contributed by atoms with E-state index >= 15 is 0 Å². The molecule has 78 valence electrons. The zero-order chi connectivity index (χ0) is 11.0. The number of aldehydes is 1. The van der Waals surface area contributed by atoms with E-state index in [-0.39, 0.29) is 0 Å². The van der Waals surface area contributed by atoms with Gasteiger partial charge in [-0.3, -0.25) is 4.79 Å². The van der Waals surface area contributed by atoms with Gasteiger partial charge in [0.1, 0.15) is 5.75 Å². The second-order valence-electron chi connectivity index (χ2n) is 3.65. The molecule has 1 heterocycles. The van der Waals surface area contributed by atoms with Gasteiger partial charge in [-0.2, -0.15) is 0 Å². The zero-order valence-corrected chi connectivity index (χ0v) is 9.05. The van der Waals surface area contributed by atoms with Crippen LogP contribution in [0.5, 0.6) is 5.75 Å².